The van der Waals surface area contributed by atoms with Crippen molar-refractivity contribution in [3.05, 3.63) is 11.7 Å². The molecule has 0 spiro atoms. The first-order valence-corrected chi connectivity index (χ1v) is 9.06. The van der Waals surface area contributed by atoms with Gasteiger partial charge in [-0.25, -0.2) is 0 Å². The van der Waals surface area contributed by atoms with E-state index in [4.69, 9.17) is 9.26 Å². The van der Waals surface area contributed by atoms with Crippen LogP contribution in [0.15, 0.2) is 4.52 Å². The Balaban J connectivity index is 0.00000338. The zero-order valence-corrected chi connectivity index (χ0v) is 17.0. The molecule has 8 nitrogen and oxygen atoms in total. The van der Waals surface area contributed by atoms with E-state index in [1.807, 2.05) is 23.8 Å². The maximum atomic E-state index is 12.2. The Kier molecular flexibility index (Phi) is 10.1. The molecule has 1 atom stereocenters. The summed E-state index contributed by atoms with van der Waals surface area (Å²) in [5.74, 6) is 1.79. The lowest BCUT2D eigenvalue weighted by molar-refractivity contribution is -0.132. The smallest absolute Gasteiger partial charge is 0.240 e. The van der Waals surface area contributed by atoms with Gasteiger partial charge in [-0.05, 0) is 19.9 Å². The number of piperazine rings is 1. The lowest BCUT2D eigenvalue weighted by Crippen LogP contribution is -2.47. The zero-order valence-electron chi connectivity index (χ0n) is 16.2. The quantitative estimate of drug-likeness (QED) is 0.684. The number of nitrogens with one attached hydrogen (secondary N) is 1. The fraction of sp³-hybridized carbons (Fsp3) is 0.824. The Labute approximate surface area is 162 Å². The number of hydrogen-bond acceptors (Lipinski definition) is 7. The molecule has 0 aliphatic carbocycles. The van der Waals surface area contributed by atoms with Crippen LogP contribution in [0.5, 0.6) is 0 Å². The van der Waals surface area contributed by atoms with Gasteiger partial charge in [0.2, 0.25) is 11.8 Å². The van der Waals surface area contributed by atoms with Gasteiger partial charge >= 0.3 is 0 Å². The van der Waals surface area contributed by atoms with Crippen LogP contribution < -0.4 is 5.32 Å². The summed E-state index contributed by atoms with van der Waals surface area (Å²) in [5.41, 5.74) is 0. The van der Waals surface area contributed by atoms with Crippen molar-refractivity contribution in [3.8, 4) is 0 Å². The number of amides is 1. The van der Waals surface area contributed by atoms with Gasteiger partial charge in [0.25, 0.3) is 0 Å². The Bertz CT molecular complexity index is 534. The average molecular weight is 390 g/mol. The molecule has 0 saturated carbocycles. The fourth-order valence-corrected chi connectivity index (χ4v) is 2.58. The summed E-state index contributed by atoms with van der Waals surface area (Å²) in [7, 11) is 1.95. The second-order valence-electron chi connectivity index (χ2n) is 7.03. The molecular weight excluding hydrogens is 358 g/mol. The summed E-state index contributed by atoms with van der Waals surface area (Å²) < 4.78 is 11.0. The van der Waals surface area contributed by atoms with E-state index in [9.17, 15) is 4.79 Å². The third-order valence-corrected chi connectivity index (χ3v) is 4.11. The molecule has 1 N–H and O–H groups in total. The maximum Gasteiger partial charge on any atom is 0.240 e. The van der Waals surface area contributed by atoms with Crippen molar-refractivity contribution in [2.75, 3.05) is 46.4 Å². The van der Waals surface area contributed by atoms with Gasteiger partial charge in [0.05, 0.1) is 6.54 Å². The summed E-state index contributed by atoms with van der Waals surface area (Å²) >= 11 is 0. The van der Waals surface area contributed by atoms with Crippen LogP contribution in [0.3, 0.4) is 0 Å². The molecule has 150 valence electrons. The van der Waals surface area contributed by atoms with E-state index in [2.05, 4.69) is 29.3 Å². The molecule has 1 aliphatic rings. The first kappa shape index (κ1) is 22.8. The van der Waals surface area contributed by atoms with Gasteiger partial charge in [-0.1, -0.05) is 19.0 Å². The molecule has 1 aromatic heterocycles. The number of halogens is 1. The fourth-order valence-electron chi connectivity index (χ4n) is 2.58. The minimum atomic E-state index is -0.181. The van der Waals surface area contributed by atoms with Crippen LogP contribution in [0, 0.1) is 5.92 Å². The third-order valence-electron chi connectivity index (χ3n) is 4.11. The van der Waals surface area contributed by atoms with Crippen molar-refractivity contribution in [2.45, 2.75) is 39.8 Å². The van der Waals surface area contributed by atoms with Gasteiger partial charge in [0.15, 0.2) is 5.82 Å². The highest BCUT2D eigenvalue weighted by Gasteiger charge is 2.18. The molecule has 9 heteroatoms. The number of aromatic nitrogens is 2. The van der Waals surface area contributed by atoms with E-state index < -0.39 is 0 Å². The predicted molar refractivity (Wildman–Crippen MR) is 101 cm³/mol. The van der Waals surface area contributed by atoms with Crippen molar-refractivity contribution in [2.24, 2.45) is 5.92 Å². The Morgan fingerprint density at radius 2 is 2.04 bits per heavy atom. The van der Waals surface area contributed by atoms with Crippen LogP contribution in [0.2, 0.25) is 0 Å². The highest BCUT2D eigenvalue weighted by Crippen LogP contribution is 2.15. The van der Waals surface area contributed by atoms with E-state index in [1.165, 1.54) is 0 Å². The summed E-state index contributed by atoms with van der Waals surface area (Å²) in [4.78, 5) is 20.5. The standard InChI is InChI=1S/C17H31N5O3.ClH/c1-13(2)12-24-14(3)17-19-15(25-20-17)11-21(4)8-5-16(23)22-9-6-18-7-10-22;/h13-14,18H,5-12H2,1-4H3;1H. The largest absolute Gasteiger partial charge is 0.370 e. The third kappa shape index (κ3) is 7.57. The van der Waals surface area contributed by atoms with Crippen molar-refractivity contribution < 1.29 is 14.1 Å². The minimum absolute atomic E-state index is 0. The minimum Gasteiger partial charge on any atom is -0.370 e. The summed E-state index contributed by atoms with van der Waals surface area (Å²) in [5, 5.41) is 7.25. The molecule has 1 amide bonds. The van der Waals surface area contributed by atoms with Crippen molar-refractivity contribution in [1.29, 1.82) is 0 Å². The highest BCUT2D eigenvalue weighted by molar-refractivity contribution is 5.85. The second kappa shape index (κ2) is 11.5. The highest BCUT2D eigenvalue weighted by atomic mass is 35.5. The van der Waals surface area contributed by atoms with Gasteiger partial charge < -0.3 is 19.5 Å². The van der Waals surface area contributed by atoms with E-state index in [0.29, 0.717) is 43.8 Å². The first-order valence-electron chi connectivity index (χ1n) is 9.06. The molecule has 2 rings (SSSR count). The predicted octanol–water partition coefficient (Wildman–Crippen LogP) is 1.48. The molecule has 26 heavy (non-hydrogen) atoms. The summed E-state index contributed by atoms with van der Waals surface area (Å²) in [6, 6.07) is 0. The maximum absolute atomic E-state index is 12.2. The van der Waals surface area contributed by atoms with Gasteiger partial charge in [-0.15, -0.1) is 12.4 Å². The van der Waals surface area contributed by atoms with E-state index in [1.54, 1.807) is 0 Å². The molecule has 1 saturated heterocycles. The first-order chi connectivity index (χ1) is 12.0. The van der Waals surface area contributed by atoms with Crippen molar-refractivity contribution in [3.63, 3.8) is 0 Å². The van der Waals surface area contributed by atoms with Gasteiger partial charge in [-0.2, -0.15) is 4.98 Å². The number of hydrogen-bond donors (Lipinski definition) is 1. The number of carbonyl (C=O) groups is 1. The van der Waals surface area contributed by atoms with Gasteiger partial charge in [0.1, 0.15) is 6.10 Å². The molecule has 1 aliphatic heterocycles. The molecule has 2 heterocycles. The molecule has 0 radical (unpaired) electrons. The monoisotopic (exact) mass is 389 g/mol. The molecule has 1 fully saturated rings. The van der Waals surface area contributed by atoms with E-state index in [0.717, 1.165) is 26.2 Å². The summed E-state index contributed by atoms with van der Waals surface area (Å²) in [6.45, 7) is 11.3. The number of carbonyl (C=O) groups excluding carboxylic acids is 1. The topological polar surface area (TPSA) is 83.7 Å². The molecule has 0 aromatic carbocycles. The van der Waals surface area contributed by atoms with Gasteiger partial charge in [0, 0.05) is 45.8 Å². The van der Waals surface area contributed by atoms with Crippen LogP contribution in [-0.4, -0.2) is 72.2 Å². The SMILES string of the molecule is CC(C)COC(C)c1noc(CN(C)CCC(=O)N2CCNCC2)n1.Cl. The molecule has 1 unspecified atom stereocenters. The van der Waals surface area contributed by atoms with Gasteiger partial charge in [-0.3, -0.25) is 9.69 Å². The van der Waals surface area contributed by atoms with Crippen LogP contribution in [0.1, 0.15) is 45.0 Å². The second-order valence-corrected chi connectivity index (χ2v) is 7.03. The zero-order chi connectivity index (χ0) is 18.2. The number of ether oxygens (including phenoxy) is 1. The van der Waals surface area contributed by atoms with E-state index in [-0.39, 0.29) is 24.4 Å². The Morgan fingerprint density at radius 1 is 1.35 bits per heavy atom. The Morgan fingerprint density at radius 3 is 2.69 bits per heavy atom. The lowest BCUT2D eigenvalue weighted by atomic mass is 10.2. The van der Waals surface area contributed by atoms with Crippen molar-refractivity contribution in [1.82, 2.24) is 25.3 Å². The van der Waals surface area contributed by atoms with Crippen LogP contribution in [-0.2, 0) is 16.1 Å². The average Bonchev–Trinajstić information content (AvgIpc) is 3.06. The lowest BCUT2D eigenvalue weighted by Gasteiger charge is -2.28. The van der Waals surface area contributed by atoms with E-state index >= 15 is 0 Å². The number of rotatable bonds is 9. The molecule has 0 bridgehead atoms. The summed E-state index contributed by atoms with van der Waals surface area (Å²) in [6.07, 6.45) is 0.324. The normalized spacial score (nSPS) is 16.0. The number of nitrogens with zero attached hydrogens (tertiary/aromatic N) is 4. The van der Waals surface area contributed by atoms with Crippen LogP contribution in [0.25, 0.3) is 0 Å². The van der Waals surface area contributed by atoms with Crippen LogP contribution in [0.4, 0.5) is 0 Å². The van der Waals surface area contributed by atoms with Crippen molar-refractivity contribution >= 4 is 18.3 Å². The van der Waals surface area contributed by atoms with Crippen LogP contribution >= 0.6 is 12.4 Å². The molecule has 1 aromatic rings. The Hall–Kier alpha value is -1.22. The molecular formula is C17H32ClN5O3.